The standard InChI is InChI=1S/C21H16ClN3O4S/c1-12-5-4-7-15(22)18(12)28-11-13-9-10-17(29-13)19(26)24-25-20(27)14-6-2-3-8-16(14)23-21(25)30/h2-10H,11H2,1H3,(H,23,30)(H,24,26). The lowest BCUT2D eigenvalue weighted by Crippen LogP contribution is -2.34. The molecule has 0 bridgehead atoms. The van der Waals surface area contributed by atoms with Gasteiger partial charge in [0.15, 0.2) is 10.5 Å². The van der Waals surface area contributed by atoms with Crippen molar-refractivity contribution in [1.82, 2.24) is 9.66 Å². The highest BCUT2D eigenvalue weighted by Gasteiger charge is 2.15. The summed E-state index contributed by atoms with van der Waals surface area (Å²) in [5, 5.41) is 0.888. The Balaban J connectivity index is 1.52. The van der Waals surface area contributed by atoms with Gasteiger partial charge in [-0.25, -0.2) is 0 Å². The first-order valence-electron chi connectivity index (χ1n) is 8.96. The van der Waals surface area contributed by atoms with Gasteiger partial charge in [0.25, 0.3) is 5.56 Å². The Kier molecular flexibility index (Phi) is 5.43. The van der Waals surface area contributed by atoms with Crippen LogP contribution in [0.25, 0.3) is 10.9 Å². The Bertz CT molecular complexity index is 1350. The number of aryl methyl sites for hydroxylation is 1. The number of hydrogen-bond donors (Lipinski definition) is 2. The predicted octanol–water partition coefficient (Wildman–Crippen LogP) is 4.58. The van der Waals surface area contributed by atoms with E-state index in [9.17, 15) is 9.59 Å². The highest BCUT2D eigenvalue weighted by Crippen LogP contribution is 2.28. The number of rotatable bonds is 5. The van der Waals surface area contributed by atoms with Crippen LogP contribution in [0.4, 0.5) is 0 Å². The maximum atomic E-state index is 12.6. The van der Waals surface area contributed by atoms with Crippen LogP contribution in [-0.4, -0.2) is 15.6 Å². The molecule has 0 saturated heterocycles. The molecule has 2 aromatic heterocycles. The molecule has 0 saturated carbocycles. The minimum atomic E-state index is -0.618. The van der Waals surface area contributed by atoms with Crippen molar-refractivity contribution in [3.05, 3.63) is 91.8 Å². The number of ether oxygens (including phenoxy) is 1. The van der Waals surface area contributed by atoms with Gasteiger partial charge in [-0.15, -0.1) is 0 Å². The molecule has 0 spiro atoms. The highest BCUT2D eigenvalue weighted by atomic mass is 35.5. The van der Waals surface area contributed by atoms with E-state index in [2.05, 4.69) is 10.4 Å². The molecule has 30 heavy (non-hydrogen) atoms. The molecule has 1 amide bonds. The number of amides is 1. The molecule has 0 atom stereocenters. The molecule has 0 aliphatic carbocycles. The molecular weight excluding hydrogens is 426 g/mol. The van der Waals surface area contributed by atoms with Crippen molar-refractivity contribution in [2.75, 3.05) is 5.43 Å². The van der Waals surface area contributed by atoms with Gasteiger partial charge >= 0.3 is 5.91 Å². The highest BCUT2D eigenvalue weighted by molar-refractivity contribution is 7.71. The topological polar surface area (TPSA) is 89.3 Å². The maximum Gasteiger partial charge on any atom is 0.305 e. The predicted molar refractivity (Wildman–Crippen MR) is 116 cm³/mol. The third-order valence-electron chi connectivity index (χ3n) is 4.43. The second kappa shape index (κ2) is 8.17. The number of nitrogens with zero attached hydrogens (tertiary/aromatic N) is 1. The Morgan fingerprint density at radius 3 is 2.80 bits per heavy atom. The summed E-state index contributed by atoms with van der Waals surface area (Å²) in [5.41, 5.74) is 3.50. The van der Waals surface area contributed by atoms with E-state index in [1.807, 2.05) is 19.1 Å². The number of furan rings is 1. The molecule has 4 aromatic rings. The minimum absolute atomic E-state index is 0.0129. The van der Waals surface area contributed by atoms with Gasteiger partial charge in [-0.3, -0.25) is 15.0 Å². The zero-order valence-corrected chi connectivity index (χ0v) is 17.3. The number of H-pyrrole nitrogens is 1. The zero-order valence-electron chi connectivity index (χ0n) is 15.8. The minimum Gasteiger partial charge on any atom is -0.484 e. The number of benzene rings is 2. The van der Waals surface area contributed by atoms with Crippen molar-refractivity contribution in [3.63, 3.8) is 0 Å². The van der Waals surface area contributed by atoms with Crippen LogP contribution in [0.15, 0.2) is 63.8 Å². The molecule has 0 fully saturated rings. The van der Waals surface area contributed by atoms with E-state index in [0.29, 0.717) is 27.4 Å². The molecule has 2 aromatic carbocycles. The molecule has 0 aliphatic rings. The number of hydrogen-bond acceptors (Lipinski definition) is 5. The summed E-state index contributed by atoms with van der Waals surface area (Å²) in [4.78, 5) is 28.1. The summed E-state index contributed by atoms with van der Waals surface area (Å²) in [5.74, 6) is 0.372. The van der Waals surface area contributed by atoms with E-state index in [-0.39, 0.29) is 17.1 Å². The van der Waals surface area contributed by atoms with Crippen molar-refractivity contribution < 1.29 is 13.9 Å². The van der Waals surface area contributed by atoms with Crippen LogP contribution in [-0.2, 0) is 6.61 Å². The molecule has 4 rings (SSSR count). The monoisotopic (exact) mass is 441 g/mol. The number of fused-ring (bicyclic) bond motifs is 1. The van der Waals surface area contributed by atoms with Crippen LogP contribution in [0, 0.1) is 11.7 Å². The molecule has 9 heteroatoms. The van der Waals surface area contributed by atoms with Gasteiger partial charge in [0.05, 0.1) is 15.9 Å². The first-order chi connectivity index (χ1) is 14.4. The molecular formula is C21H16ClN3O4S. The average molecular weight is 442 g/mol. The second-order valence-electron chi connectivity index (χ2n) is 6.50. The number of para-hydroxylation sites is 2. The van der Waals surface area contributed by atoms with Gasteiger partial charge in [-0.05, 0) is 55.0 Å². The molecule has 2 heterocycles. The maximum absolute atomic E-state index is 12.6. The van der Waals surface area contributed by atoms with Crippen molar-refractivity contribution in [2.24, 2.45) is 0 Å². The normalized spacial score (nSPS) is 10.9. The summed E-state index contributed by atoms with van der Waals surface area (Å²) < 4.78 is 12.3. The van der Waals surface area contributed by atoms with Crippen LogP contribution < -0.4 is 15.7 Å². The first kappa shape index (κ1) is 19.9. The van der Waals surface area contributed by atoms with Gasteiger partial charge in [0.1, 0.15) is 18.1 Å². The lowest BCUT2D eigenvalue weighted by atomic mass is 10.2. The van der Waals surface area contributed by atoms with E-state index in [4.69, 9.17) is 33.0 Å². The van der Waals surface area contributed by atoms with Crippen LogP contribution in [0.1, 0.15) is 21.9 Å². The Hall–Kier alpha value is -3.36. The van der Waals surface area contributed by atoms with Gasteiger partial charge < -0.3 is 14.1 Å². The number of carbonyl (C=O) groups is 1. The molecule has 0 aliphatic heterocycles. The Labute approximate surface area is 180 Å². The van der Waals surface area contributed by atoms with Crippen molar-refractivity contribution in [3.8, 4) is 5.75 Å². The molecule has 0 radical (unpaired) electrons. The fraction of sp³-hybridized carbons (Fsp3) is 0.0952. The van der Waals surface area contributed by atoms with E-state index in [0.717, 1.165) is 10.2 Å². The molecule has 7 nitrogen and oxygen atoms in total. The van der Waals surface area contributed by atoms with Crippen LogP contribution in [0.2, 0.25) is 5.02 Å². The smallest absolute Gasteiger partial charge is 0.305 e. The number of aromatic nitrogens is 2. The van der Waals surface area contributed by atoms with Crippen LogP contribution in [0.5, 0.6) is 5.75 Å². The quantitative estimate of drug-likeness (QED) is 0.442. The fourth-order valence-corrected chi connectivity index (χ4v) is 3.46. The SMILES string of the molecule is Cc1cccc(Cl)c1OCc1ccc(C(=O)Nn2c(=S)[nH]c3ccccc3c2=O)o1. The van der Waals surface area contributed by atoms with Gasteiger partial charge in [-0.2, -0.15) is 4.68 Å². The van der Waals surface area contributed by atoms with E-state index < -0.39 is 11.5 Å². The number of halogens is 1. The van der Waals surface area contributed by atoms with Crippen molar-refractivity contribution in [1.29, 1.82) is 0 Å². The van der Waals surface area contributed by atoms with Crippen molar-refractivity contribution >= 4 is 40.6 Å². The van der Waals surface area contributed by atoms with E-state index in [1.165, 1.54) is 6.07 Å². The van der Waals surface area contributed by atoms with Gasteiger partial charge in [-0.1, -0.05) is 35.9 Å². The van der Waals surface area contributed by atoms with Crippen LogP contribution in [0.3, 0.4) is 0 Å². The Morgan fingerprint density at radius 2 is 2.00 bits per heavy atom. The number of carbonyl (C=O) groups excluding carboxylic acids is 1. The van der Waals surface area contributed by atoms with Gasteiger partial charge in [0.2, 0.25) is 0 Å². The summed E-state index contributed by atoms with van der Waals surface area (Å²) >= 11 is 11.3. The summed E-state index contributed by atoms with van der Waals surface area (Å²) in [6, 6.07) is 15.4. The summed E-state index contributed by atoms with van der Waals surface area (Å²) in [6.45, 7) is 1.97. The summed E-state index contributed by atoms with van der Waals surface area (Å²) in [7, 11) is 0. The zero-order chi connectivity index (χ0) is 21.3. The first-order valence-corrected chi connectivity index (χ1v) is 9.75. The molecule has 152 valence electrons. The molecule has 2 N–H and O–H groups in total. The Morgan fingerprint density at radius 1 is 1.20 bits per heavy atom. The van der Waals surface area contributed by atoms with Crippen LogP contribution >= 0.6 is 23.8 Å². The fourth-order valence-electron chi connectivity index (χ4n) is 2.94. The van der Waals surface area contributed by atoms with E-state index >= 15 is 0 Å². The lowest BCUT2D eigenvalue weighted by Gasteiger charge is -2.09. The second-order valence-corrected chi connectivity index (χ2v) is 7.29. The third kappa shape index (κ3) is 3.87. The largest absolute Gasteiger partial charge is 0.484 e. The number of aromatic amines is 1. The summed E-state index contributed by atoms with van der Waals surface area (Å²) in [6.07, 6.45) is 0. The molecule has 0 unspecified atom stereocenters. The lowest BCUT2D eigenvalue weighted by molar-refractivity contribution is 0.0976. The van der Waals surface area contributed by atoms with E-state index in [1.54, 1.807) is 36.4 Å². The third-order valence-corrected chi connectivity index (χ3v) is 5.01. The van der Waals surface area contributed by atoms with Gasteiger partial charge in [0, 0.05) is 0 Å². The number of nitrogens with one attached hydrogen (secondary N) is 2. The van der Waals surface area contributed by atoms with Crippen molar-refractivity contribution in [2.45, 2.75) is 13.5 Å². The average Bonchev–Trinajstić information content (AvgIpc) is 3.20.